The van der Waals surface area contributed by atoms with Crippen LogP contribution in [-0.4, -0.2) is 14.7 Å². The summed E-state index contributed by atoms with van der Waals surface area (Å²) in [7, 11) is 1.96. The van der Waals surface area contributed by atoms with Crippen molar-refractivity contribution in [1.82, 2.24) is 9.55 Å². The normalized spacial score (nSPS) is 10.1. The second kappa shape index (κ2) is 4.32. The minimum Gasteiger partial charge on any atom is -0.376 e. The third kappa shape index (κ3) is 2.20. The minimum absolute atomic E-state index is 0.272. The number of imidazole rings is 1. The number of benzene rings is 1. The molecule has 2 aromatic rings. The molecule has 4 nitrogen and oxygen atoms in total. The Morgan fingerprint density at radius 1 is 1.38 bits per heavy atom. The molecule has 0 unspecified atom stereocenters. The van der Waals surface area contributed by atoms with Gasteiger partial charge in [-0.05, 0) is 29.9 Å². The van der Waals surface area contributed by atoms with Gasteiger partial charge in [-0.1, -0.05) is 12.1 Å². The third-order valence-corrected chi connectivity index (χ3v) is 2.37. The summed E-state index contributed by atoms with van der Waals surface area (Å²) < 4.78 is 1.97. The van der Waals surface area contributed by atoms with Crippen molar-refractivity contribution in [2.24, 2.45) is 12.8 Å². The van der Waals surface area contributed by atoms with Crippen molar-refractivity contribution in [3.05, 3.63) is 36.8 Å². The van der Waals surface area contributed by atoms with Crippen LogP contribution in [0.5, 0.6) is 0 Å². The van der Waals surface area contributed by atoms with Crippen molar-refractivity contribution < 1.29 is 0 Å². The van der Waals surface area contributed by atoms with Crippen molar-refractivity contribution in [2.45, 2.75) is 0 Å². The van der Waals surface area contributed by atoms with Crippen molar-refractivity contribution >= 4 is 23.0 Å². The first kappa shape index (κ1) is 10.6. The predicted octanol–water partition coefficient (Wildman–Crippen LogP) is 1.74. The Kier molecular flexibility index (Phi) is 2.87. The molecule has 1 aromatic carbocycles. The average Bonchev–Trinajstić information content (AvgIpc) is 2.65. The summed E-state index contributed by atoms with van der Waals surface area (Å²) in [5.41, 5.74) is 8.45. The number of thiocarbonyl (C=S) groups is 1. The van der Waals surface area contributed by atoms with Crippen molar-refractivity contribution in [3.8, 4) is 11.3 Å². The van der Waals surface area contributed by atoms with Gasteiger partial charge in [0, 0.05) is 12.7 Å². The molecule has 0 aliphatic heterocycles. The lowest BCUT2D eigenvalue weighted by atomic mass is 10.1. The van der Waals surface area contributed by atoms with E-state index in [0.717, 1.165) is 16.9 Å². The van der Waals surface area contributed by atoms with Crippen molar-refractivity contribution in [2.75, 3.05) is 5.32 Å². The standard InChI is InChI=1S/C11H12N4S/c1-15-7-13-6-10(15)8-2-4-9(5-3-8)14-11(12)16/h2-7H,1H3,(H3,12,14,16). The van der Waals surface area contributed by atoms with E-state index in [1.165, 1.54) is 0 Å². The fourth-order valence-corrected chi connectivity index (χ4v) is 1.62. The Bertz CT molecular complexity index is 501. The van der Waals surface area contributed by atoms with Gasteiger partial charge in [0.15, 0.2) is 5.11 Å². The Labute approximate surface area is 99.1 Å². The van der Waals surface area contributed by atoms with E-state index in [-0.39, 0.29) is 5.11 Å². The maximum atomic E-state index is 5.39. The summed E-state index contributed by atoms with van der Waals surface area (Å²) in [6, 6.07) is 7.86. The molecule has 0 aliphatic carbocycles. The van der Waals surface area contributed by atoms with E-state index in [9.17, 15) is 0 Å². The highest BCUT2D eigenvalue weighted by Crippen LogP contribution is 2.20. The van der Waals surface area contributed by atoms with Gasteiger partial charge >= 0.3 is 0 Å². The van der Waals surface area contributed by atoms with Gasteiger partial charge in [-0.15, -0.1) is 0 Å². The monoisotopic (exact) mass is 232 g/mol. The zero-order valence-corrected chi connectivity index (χ0v) is 9.66. The minimum atomic E-state index is 0.272. The van der Waals surface area contributed by atoms with E-state index in [1.807, 2.05) is 42.1 Å². The van der Waals surface area contributed by atoms with Gasteiger partial charge in [-0.25, -0.2) is 4.98 Å². The van der Waals surface area contributed by atoms with Crippen LogP contribution in [0.4, 0.5) is 5.69 Å². The van der Waals surface area contributed by atoms with E-state index in [1.54, 1.807) is 6.33 Å². The number of rotatable bonds is 2. The molecule has 0 spiro atoms. The molecule has 0 atom stereocenters. The van der Waals surface area contributed by atoms with E-state index < -0.39 is 0 Å². The zero-order valence-electron chi connectivity index (χ0n) is 8.84. The first-order valence-corrected chi connectivity index (χ1v) is 5.21. The second-order valence-electron chi connectivity index (χ2n) is 3.46. The third-order valence-electron chi connectivity index (χ3n) is 2.26. The highest BCUT2D eigenvalue weighted by atomic mass is 32.1. The Balaban J connectivity index is 2.26. The van der Waals surface area contributed by atoms with Crippen LogP contribution in [0.1, 0.15) is 0 Å². The molecule has 0 bridgehead atoms. The van der Waals surface area contributed by atoms with Gasteiger partial charge in [0.25, 0.3) is 0 Å². The van der Waals surface area contributed by atoms with Crippen LogP contribution in [-0.2, 0) is 7.05 Å². The van der Waals surface area contributed by atoms with Gasteiger partial charge in [0.2, 0.25) is 0 Å². The molecule has 82 valence electrons. The number of hydrogen-bond acceptors (Lipinski definition) is 2. The summed E-state index contributed by atoms with van der Waals surface area (Å²) in [5, 5.41) is 3.15. The number of nitrogens with two attached hydrogens (primary N) is 1. The first-order valence-electron chi connectivity index (χ1n) is 4.80. The smallest absolute Gasteiger partial charge is 0.168 e. The number of nitrogens with zero attached hydrogens (tertiary/aromatic N) is 2. The number of aromatic nitrogens is 2. The van der Waals surface area contributed by atoms with Crippen molar-refractivity contribution in [1.29, 1.82) is 0 Å². The fourth-order valence-electron chi connectivity index (χ4n) is 1.50. The SMILES string of the molecule is Cn1cncc1-c1ccc(NC(N)=S)cc1. The van der Waals surface area contributed by atoms with Crippen LogP contribution >= 0.6 is 12.2 Å². The van der Waals surface area contributed by atoms with Crippen LogP contribution in [0.3, 0.4) is 0 Å². The first-order chi connectivity index (χ1) is 7.66. The van der Waals surface area contributed by atoms with E-state index in [0.29, 0.717) is 0 Å². The number of nitrogens with one attached hydrogen (secondary N) is 1. The second-order valence-corrected chi connectivity index (χ2v) is 3.90. The Morgan fingerprint density at radius 2 is 2.06 bits per heavy atom. The van der Waals surface area contributed by atoms with Gasteiger partial charge in [0.1, 0.15) is 0 Å². The summed E-state index contributed by atoms with van der Waals surface area (Å²) >= 11 is 4.76. The topological polar surface area (TPSA) is 55.9 Å². The highest BCUT2D eigenvalue weighted by molar-refractivity contribution is 7.80. The summed E-state index contributed by atoms with van der Waals surface area (Å²) in [6.45, 7) is 0. The molecule has 1 aromatic heterocycles. The Morgan fingerprint density at radius 3 is 2.56 bits per heavy atom. The molecule has 1 heterocycles. The van der Waals surface area contributed by atoms with E-state index in [4.69, 9.17) is 18.0 Å². The number of anilines is 1. The largest absolute Gasteiger partial charge is 0.376 e. The van der Waals surface area contributed by atoms with Crippen molar-refractivity contribution in [3.63, 3.8) is 0 Å². The van der Waals surface area contributed by atoms with E-state index >= 15 is 0 Å². The number of hydrogen-bond donors (Lipinski definition) is 2. The van der Waals surface area contributed by atoms with Crippen LogP contribution in [0.2, 0.25) is 0 Å². The van der Waals surface area contributed by atoms with Gasteiger partial charge in [0.05, 0.1) is 18.2 Å². The lowest BCUT2D eigenvalue weighted by Gasteiger charge is -2.05. The quantitative estimate of drug-likeness (QED) is 0.774. The molecule has 0 aliphatic rings. The zero-order chi connectivity index (χ0) is 11.5. The summed E-state index contributed by atoms with van der Waals surface area (Å²) in [6.07, 6.45) is 3.60. The molecule has 0 amide bonds. The molecule has 16 heavy (non-hydrogen) atoms. The summed E-state index contributed by atoms with van der Waals surface area (Å²) in [5.74, 6) is 0. The molecule has 0 saturated heterocycles. The van der Waals surface area contributed by atoms with Crippen LogP contribution in [0.25, 0.3) is 11.3 Å². The molecule has 3 N–H and O–H groups in total. The van der Waals surface area contributed by atoms with Gasteiger partial charge in [-0.2, -0.15) is 0 Å². The highest BCUT2D eigenvalue weighted by Gasteiger charge is 2.01. The van der Waals surface area contributed by atoms with Crippen LogP contribution in [0, 0.1) is 0 Å². The number of aryl methyl sites for hydroxylation is 1. The molecular weight excluding hydrogens is 220 g/mol. The van der Waals surface area contributed by atoms with E-state index in [2.05, 4.69) is 10.3 Å². The van der Waals surface area contributed by atoms with Gasteiger partial charge < -0.3 is 15.6 Å². The lowest BCUT2D eigenvalue weighted by Crippen LogP contribution is -2.18. The molecular formula is C11H12N4S. The van der Waals surface area contributed by atoms with Crippen LogP contribution < -0.4 is 11.1 Å². The molecule has 0 saturated carbocycles. The van der Waals surface area contributed by atoms with Gasteiger partial charge in [-0.3, -0.25) is 0 Å². The average molecular weight is 232 g/mol. The maximum Gasteiger partial charge on any atom is 0.168 e. The lowest BCUT2D eigenvalue weighted by molar-refractivity contribution is 0.921. The predicted molar refractivity (Wildman–Crippen MR) is 69.1 cm³/mol. The molecule has 2 rings (SSSR count). The molecule has 0 fully saturated rings. The fraction of sp³-hybridized carbons (Fsp3) is 0.0909. The maximum absolute atomic E-state index is 5.39. The summed E-state index contributed by atoms with van der Waals surface area (Å²) in [4.78, 5) is 4.08. The molecule has 0 radical (unpaired) electrons. The van der Waals surface area contributed by atoms with Crippen LogP contribution in [0.15, 0.2) is 36.8 Å². The Hall–Kier alpha value is -1.88. The molecule has 5 heteroatoms.